The third-order valence-corrected chi connectivity index (χ3v) is 2.56. The maximum absolute atomic E-state index is 9.21. The lowest BCUT2D eigenvalue weighted by atomic mass is 10.1. The van der Waals surface area contributed by atoms with E-state index < -0.39 is 0 Å². The van der Waals surface area contributed by atoms with E-state index in [4.69, 9.17) is 4.74 Å². The molecule has 0 atom stereocenters. The van der Waals surface area contributed by atoms with E-state index in [-0.39, 0.29) is 5.75 Å². The van der Waals surface area contributed by atoms with E-state index in [9.17, 15) is 5.11 Å². The number of ether oxygens (including phenoxy) is 1. The van der Waals surface area contributed by atoms with Crippen LogP contribution < -0.4 is 4.74 Å². The summed E-state index contributed by atoms with van der Waals surface area (Å²) < 4.78 is 5.81. The topological polar surface area (TPSA) is 29.5 Å². The minimum Gasteiger partial charge on any atom is -0.508 e. The molecule has 17 heavy (non-hydrogen) atoms. The molecule has 1 N–H and O–H groups in total. The summed E-state index contributed by atoms with van der Waals surface area (Å²) in [4.78, 5) is 0. The molecule has 2 rings (SSSR count). The van der Waals surface area contributed by atoms with Gasteiger partial charge in [-0.25, -0.2) is 0 Å². The summed E-state index contributed by atoms with van der Waals surface area (Å²) in [6.45, 7) is 2.15. The van der Waals surface area contributed by atoms with Crippen molar-refractivity contribution in [1.82, 2.24) is 0 Å². The first-order valence-corrected chi connectivity index (χ1v) is 5.84. The van der Waals surface area contributed by atoms with E-state index in [2.05, 4.69) is 13.0 Å². The van der Waals surface area contributed by atoms with Gasteiger partial charge in [0.15, 0.2) is 0 Å². The van der Waals surface area contributed by atoms with Gasteiger partial charge in [0.2, 0.25) is 0 Å². The van der Waals surface area contributed by atoms with Crippen molar-refractivity contribution in [2.75, 3.05) is 0 Å². The lowest BCUT2D eigenvalue weighted by Crippen LogP contribution is -1.90. The molecule has 0 saturated heterocycles. The maximum Gasteiger partial charge on any atom is 0.130 e. The molecule has 0 heterocycles. The molecule has 2 aromatic rings. The number of aryl methyl sites for hydroxylation is 1. The summed E-state index contributed by atoms with van der Waals surface area (Å²) >= 11 is 0. The SMILES string of the molecule is CCCc1ccccc1Oc1ccc(O)cc1. The Morgan fingerprint density at radius 3 is 2.41 bits per heavy atom. The highest BCUT2D eigenvalue weighted by molar-refractivity contribution is 5.39. The molecule has 2 heteroatoms. The van der Waals surface area contributed by atoms with E-state index in [0.29, 0.717) is 0 Å². The Bertz CT molecular complexity index is 475. The van der Waals surface area contributed by atoms with Gasteiger partial charge < -0.3 is 9.84 Å². The van der Waals surface area contributed by atoms with Crippen LogP contribution >= 0.6 is 0 Å². The largest absolute Gasteiger partial charge is 0.508 e. The number of para-hydroxylation sites is 1. The molecule has 0 radical (unpaired) electrons. The van der Waals surface area contributed by atoms with Crippen molar-refractivity contribution < 1.29 is 9.84 Å². The highest BCUT2D eigenvalue weighted by Crippen LogP contribution is 2.27. The van der Waals surface area contributed by atoms with Gasteiger partial charge in [-0.3, -0.25) is 0 Å². The van der Waals surface area contributed by atoms with Crippen LogP contribution in [0.4, 0.5) is 0 Å². The number of phenolic OH excluding ortho intramolecular Hbond substituents is 1. The number of rotatable bonds is 4. The zero-order valence-electron chi connectivity index (χ0n) is 9.89. The van der Waals surface area contributed by atoms with Crippen molar-refractivity contribution in [2.24, 2.45) is 0 Å². The van der Waals surface area contributed by atoms with Crippen LogP contribution in [0.15, 0.2) is 48.5 Å². The molecule has 2 nitrogen and oxygen atoms in total. The summed E-state index contributed by atoms with van der Waals surface area (Å²) in [5, 5.41) is 9.21. The summed E-state index contributed by atoms with van der Waals surface area (Å²) in [6, 6.07) is 14.8. The Morgan fingerprint density at radius 1 is 1.00 bits per heavy atom. The lowest BCUT2D eigenvalue weighted by molar-refractivity contribution is 0.461. The van der Waals surface area contributed by atoms with E-state index in [0.717, 1.165) is 24.3 Å². The molecule has 0 saturated carbocycles. The van der Waals surface area contributed by atoms with Crippen molar-refractivity contribution >= 4 is 0 Å². The van der Waals surface area contributed by atoms with Crippen LogP contribution in [-0.2, 0) is 6.42 Å². The van der Waals surface area contributed by atoms with Crippen molar-refractivity contribution in [3.05, 3.63) is 54.1 Å². The number of hydrogen-bond donors (Lipinski definition) is 1. The Balaban J connectivity index is 2.20. The molecular formula is C15H16O2. The van der Waals surface area contributed by atoms with Crippen LogP contribution in [-0.4, -0.2) is 5.11 Å². The Kier molecular flexibility index (Phi) is 3.66. The Labute approximate surface area is 101 Å². The van der Waals surface area contributed by atoms with Gasteiger partial charge in [0, 0.05) is 0 Å². The standard InChI is InChI=1S/C15H16O2/c1-2-5-12-6-3-4-7-15(12)17-14-10-8-13(16)9-11-14/h3-4,6-11,16H,2,5H2,1H3. The number of hydrogen-bond acceptors (Lipinski definition) is 2. The number of benzene rings is 2. The Hall–Kier alpha value is -1.96. The van der Waals surface area contributed by atoms with Crippen molar-refractivity contribution in [2.45, 2.75) is 19.8 Å². The van der Waals surface area contributed by atoms with E-state index in [1.54, 1.807) is 24.3 Å². The molecule has 88 valence electrons. The molecule has 2 aromatic carbocycles. The molecule has 0 aromatic heterocycles. The highest BCUT2D eigenvalue weighted by atomic mass is 16.5. The third kappa shape index (κ3) is 3.00. The maximum atomic E-state index is 9.21. The highest BCUT2D eigenvalue weighted by Gasteiger charge is 2.03. The zero-order chi connectivity index (χ0) is 12.1. The first-order valence-electron chi connectivity index (χ1n) is 5.84. The van der Waals surface area contributed by atoms with Gasteiger partial charge in [-0.1, -0.05) is 31.5 Å². The van der Waals surface area contributed by atoms with E-state index in [1.165, 1.54) is 5.56 Å². The minimum absolute atomic E-state index is 0.249. The summed E-state index contributed by atoms with van der Waals surface area (Å²) in [5.41, 5.74) is 1.21. The molecule has 0 spiro atoms. The first kappa shape index (κ1) is 11.5. The van der Waals surface area contributed by atoms with Gasteiger partial charge in [-0.2, -0.15) is 0 Å². The Morgan fingerprint density at radius 2 is 1.71 bits per heavy atom. The molecule has 0 unspecified atom stereocenters. The molecule has 0 amide bonds. The van der Waals surface area contributed by atoms with E-state index in [1.807, 2.05) is 18.2 Å². The van der Waals surface area contributed by atoms with Crippen molar-refractivity contribution in [3.8, 4) is 17.2 Å². The van der Waals surface area contributed by atoms with Crippen molar-refractivity contribution in [3.63, 3.8) is 0 Å². The fraction of sp³-hybridized carbons (Fsp3) is 0.200. The number of phenols is 1. The second kappa shape index (κ2) is 5.39. The van der Waals surface area contributed by atoms with Gasteiger partial charge in [0.05, 0.1) is 0 Å². The van der Waals surface area contributed by atoms with E-state index >= 15 is 0 Å². The van der Waals surface area contributed by atoms with Gasteiger partial charge in [0.1, 0.15) is 17.2 Å². The van der Waals surface area contributed by atoms with Gasteiger partial charge in [-0.05, 0) is 42.3 Å². The molecule has 0 aliphatic carbocycles. The smallest absolute Gasteiger partial charge is 0.130 e. The van der Waals surface area contributed by atoms with Gasteiger partial charge in [0.25, 0.3) is 0 Å². The third-order valence-electron chi connectivity index (χ3n) is 2.56. The number of aromatic hydroxyl groups is 1. The normalized spacial score (nSPS) is 10.2. The molecule has 0 aliphatic heterocycles. The van der Waals surface area contributed by atoms with Crippen LogP contribution in [0, 0.1) is 0 Å². The summed E-state index contributed by atoms with van der Waals surface area (Å²) in [5.74, 6) is 1.88. The van der Waals surface area contributed by atoms with Crippen LogP contribution in [0.5, 0.6) is 17.2 Å². The van der Waals surface area contributed by atoms with Crippen LogP contribution in [0.3, 0.4) is 0 Å². The fourth-order valence-electron chi connectivity index (χ4n) is 1.72. The second-order valence-corrected chi connectivity index (χ2v) is 3.95. The van der Waals surface area contributed by atoms with Crippen LogP contribution in [0.2, 0.25) is 0 Å². The lowest BCUT2D eigenvalue weighted by Gasteiger charge is -2.10. The zero-order valence-corrected chi connectivity index (χ0v) is 9.89. The average molecular weight is 228 g/mol. The van der Waals surface area contributed by atoms with Gasteiger partial charge >= 0.3 is 0 Å². The second-order valence-electron chi connectivity index (χ2n) is 3.95. The molecule has 0 bridgehead atoms. The predicted octanol–water partition coefficient (Wildman–Crippen LogP) is 4.14. The van der Waals surface area contributed by atoms with Crippen LogP contribution in [0.1, 0.15) is 18.9 Å². The summed E-state index contributed by atoms with van der Waals surface area (Å²) in [7, 11) is 0. The molecular weight excluding hydrogens is 212 g/mol. The predicted molar refractivity (Wildman–Crippen MR) is 68.6 cm³/mol. The summed E-state index contributed by atoms with van der Waals surface area (Å²) in [6.07, 6.45) is 2.10. The van der Waals surface area contributed by atoms with Crippen LogP contribution in [0.25, 0.3) is 0 Å². The molecule has 0 fully saturated rings. The average Bonchev–Trinajstić information content (AvgIpc) is 2.35. The monoisotopic (exact) mass is 228 g/mol. The quantitative estimate of drug-likeness (QED) is 0.852. The minimum atomic E-state index is 0.249. The van der Waals surface area contributed by atoms with Crippen molar-refractivity contribution in [1.29, 1.82) is 0 Å². The van der Waals surface area contributed by atoms with Gasteiger partial charge in [-0.15, -0.1) is 0 Å². The molecule has 0 aliphatic rings. The first-order chi connectivity index (χ1) is 8.29. The fourth-order valence-corrected chi connectivity index (χ4v) is 1.72.